The first-order valence-electron chi connectivity index (χ1n) is 11.5. The minimum atomic E-state index is -1.75. The highest BCUT2D eigenvalue weighted by Crippen LogP contribution is 2.59. The predicted octanol–water partition coefficient (Wildman–Crippen LogP) is 1.38. The van der Waals surface area contributed by atoms with Crippen molar-refractivity contribution in [2.24, 2.45) is 17.3 Å². The normalized spacial score (nSPS) is 43.2. The molecule has 2 saturated carbocycles. The number of ether oxygens (including phenoxy) is 2. The van der Waals surface area contributed by atoms with E-state index in [0.29, 0.717) is 35.7 Å². The van der Waals surface area contributed by atoms with Gasteiger partial charge in [-0.3, -0.25) is 4.79 Å². The molecule has 1 saturated heterocycles. The minimum absolute atomic E-state index is 0.164. The molecule has 1 aromatic carbocycles. The molecular formula is C24H30O8. The summed E-state index contributed by atoms with van der Waals surface area (Å²) in [5.74, 6) is 0.773. The summed E-state index contributed by atoms with van der Waals surface area (Å²) in [7, 11) is 0. The van der Waals surface area contributed by atoms with Gasteiger partial charge in [-0.25, -0.2) is 4.79 Å². The molecule has 1 heterocycles. The second-order valence-electron chi connectivity index (χ2n) is 10.0. The van der Waals surface area contributed by atoms with Crippen LogP contribution >= 0.6 is 0 Å². The first-order valence-corrected chi connectivity index (χ1v) is 11.5. The van der Waals surface area contributed by atoms with Crippen molar-refractivity contribution in [3.8, 4) is 5.75 Å². The number of ketones is 1. The molecular weight excluding hydrogens is 416 g/mol. The number of carbonyl (C=O) groups excluding carboxylic acids is 1. The van der Waals surface area contributed by atoms with Crippen LogP contribution in [0.4, 0.5) is 0 Å². The number of aliphatic carboxylic acids is 1. The highest BCUT2D eigenvalue weighted by Gasteiger charge is 2.54. The van der Waals surface area contributed by atoms with Gasteiger partial charge in [0.25, 0.3) is 0 Å². The molecule has 8 nitrogen and oxygen atoms in total. The monoisotopic (exact) mass is 446 g/mol. The van der Waals surface area contributed by atoms with E-state index in [2.05, 4.69) is 6.92 Å². The van der Waals surface area contributed by atoms with Gasteiger partial charge in [0.05, 0.1) is 0 Å². The highest BCUT2D eigenvalue weighted by atomic mass is 16.7. The SMILES string of the molecule is C[C@]12CC[C@H]3c4ccc(O[C@H]5O[C@H](C(=O)O)[C@@H](O)[C@H](O)[C@H]5O)cc4CC[C@H]3[C@@H]1CCC2=O. The Balaban J connectivity index is 1.35. The van der Waals surface area contributed by atoms with Crippen molar-refractivity contribution in [3.05, 3.63) is 29.3 Å². The third-order valence-electron chi connectivity index (χ3n) is 8.47. The van der Waals surface area contributed by atoms with Gasteiger partial charge in [0.15, 0.2) is 6.10 Å². The molecule has 1 aliphatic heterocycles. The molecule has 32 heavy (non-hydrogen) atoms. The third-order valence-corrected chi connectivity index (χ3v) is 8.47. The Morgan fingerprint density at radius 3 is 2.62 bits per heavy atom. The van der Waals surface area contributed by atoms with E-state index in [1.807, 2.05) is 12.1 Å². The van der Waals surface area contributed by atoms with Crippen molar-refractivity contribution < 1.29 is 39.5 Å². The van der Waals surface area contributed by atoms with Crippen molar-refractivity contribution in [1.29, 1.82) is 0 Å². The number of hydrogen-bond donors (Lipinski definition) is 4. The maximum Gasteiger partial charge on any atom is 0.335 e. The maximum atomic E-state index is 12.5. The molecule has 8 heteroatoms. The van der Waals surface area contributed by atoms with Crippen LogP contribution in [0, 0.1) is 17.3 Å². The van der Waals surface area contributed by atoms with E-state index in [1.165, 1.54) is 5.56 Å². The lowest BCUT2D eigenvalue weighted by Gasteiger charge is -2.48. The standard InChI is InChI=1S/C24H30O8/c1-24-9-8-14-13-5-3-12(10-11(13)2-4-15(14)16(24)6-7-17(24)25)31-23-20(28)18(26)19(27)21(32-23)22(29)30/h3,5,10,14-16,18-21,23,26-28H,2,4,6-9H2,1H3,(H,29,30)/t14-,15+,16-,18-,19-,20+,21-,23-,24-/m0/s1. The van der Waals surface area contributed by atoms with E-state index in [1.54, 1.807) is 6.07 Å². The summed E-state index contributed by atoms with van der Waals surface area (Å²) in [4.78, 5) is 23.8. The summed E-state index contributed by atoms with van der Waals surface area (Å²) >= 11 is 0. The number of carbonyl (C=O) groups is 2. The van der Waals surface area contributed by atoms with Gasteiger partial charge in [-0.15, -0.1) is 0 Å². The molecule has 4 N–H and O–H groups in total. The topological polar surface area (TPSA) is 134 Å². The van der Waals surface area contributed by atoms with Crippen LogP contribution in [0.5, 0.6) is 5.75 Å². The van der Waals surface area contributed by atoms with Crippen molar-refractivity contribution in [1.82, 2.24) is 0 Å². The fraction of sp³-hybridized carbons (Fsp3) is 0.667. The van der Waals surface area contributed by atoms with Crippen molar-refractivity contribution in [3.63, 3.8) is 0 Å². The van der Waals surface area contributed by atoms with Crippen LogP contribution in [-0.4, -0.2) is 62.9 Å². The first-order chi connectivity index (χ1) is 15.2. The average Bonchev–Trinajstić information content (AvgIpc) is 3.08. The number of rotatable bonds is 3. The largest absolute Gasteiger partial charge is 0.479 e. The second-order valence-corrected chi connectivity index (χ2v) is 10.0. The van der Waals surface area contributed by atoms with Crippen LogP contribution < -0.4 is 4.74 Å². The van der Waals surface area contributed by atoms with E-state index in [9.17, 15) is 30.0 Å². The average molecular weight is 446 g/mol. The van der Waals surface area contributed by atoms with Gasteiger partial charge < -0.3 is 29.9 Å². The number of aliphatic hydroxyl groups excluding tert-OH is 3. The smallest absolute Gasteiger partial charge is 0.335 e. The van der Waals surface area contributed by atoms with Crippen molar-refractivity contribution in [2.75, 3.05) is 0 Å². The second kappa shape index (κ2) is 7.80. The van der Waals surface area contributed by atoms with E-state index >= 15 is 0 Å². The molecule has 0 amide bonds. The number of Topliss-reactive ketones (excluding diaryl/α,β-unsaturated/α-hetero) is 1. The Bertz CT molecular complexity index is 931. The zero-order valence-corrected chi connectivity index (χ0v) is 18.0. The maximum absolute atomic E-state index is 12.5. The molecule has 174 valence electrons. The Hall–Kier alpha value is -2.00. The summed E-state index contributed by atoms with van der Waals surface area (Å²) in [5, 5.41) is 39.3. The molecule has 3 fully saturated rings. The molecule has 0 radical (unpaired) electrons. The van der Waals surface area contributed by atoms with Crippen LogP contribution in [0.3, 0.4) is 0 Å². The fourth-order valence-corrected chi connectivity index (χ4v) is 6.69. The van der Waals surface area contributed by atoms with Crippen LogP contribution in [0.15, 0.2) is 18.2 Å². The summed E-state index contributed by atoms with van der Waals surface area (Å²) in [5.41, 5.74) is 2.26. The first kappa shape index (κ1) is 21.8. The number of aliphatic hydroxyl groups is 3. The molecule has 0 bridgehead atoms. The minimum Gasteiger partial charge on any atom is -0.479 e. The number of carboxylic acid groups (broad SMARTS) is 1. The van der Waals surface area contributed by atoms with E-state index in [0.717, 1.165) is 37.7 Å². The predicted molar refractivity (Wildman–Crippen MR) is 111 cm³/mol. The number of benzene rings is 1. The van der Waals surface area contributed by atoms with Gasteiger partial charge in [0, 0.05) is 11.8 Å². The Kier molecular flexibility index (Phi) is 5.32. The van der Waals surface area contributed by atoms with E-state index in [4.69, 9.17) is 9.47 Å². The van der Waals surface area contributed by atoms with Crippen molar-refractivity contribution in [2.45, 2.75) is 82.1 Å². The van der Waals surface area contributed by atoms with E-state index in [-0.39, 0.29) is 5.41 Å². The lowest BCUT2D eigenvalue weighted by Crippen LogP contribution is -2.61. The summed E-state index contributed by atoms with van der Waals surface area (Å²) in [6, 6.07) is 5.69. The summed E-state index contributed by atoms with van der Waals surface area (Å²) in [6.45, 7) is 2.15. The van der Waals surface area contributed by atoms with Gasteiger partial charge in [-0.1, -0.05) is 13.0 Å². The number of hydrogen-bond acceptors (Lipinski definition) is 7. The molecule has 3 aliphatic carbocycles. The molecule has 5 rings (SSSR count). The van der Waals surface area contributed by atoms with Gasteiger partial charge in [0.2, 0.25) is 6.29 Å². The molecule has 0 unspecified atom stereocenters. The van der Waals surface area contributed by atoms with Crippen LogP contribution in [0.1, 0.15) is 56.1 Å². The quantitative estimate of drug-likeness (QED) is 0.547. The van der Waals surface area contributed by atoms with Crippen molar-refractivity contribution >= 4 is 11.8 Å². The molecule has 9 atom stereocenters. The molecule has 0 aromatic heterocycles. The Morgan fingerprint density at radius 2 is 1.88 bits per heavy atom. The van der Waals surface area contributed by atoms with Gasteiger partial charge in [-0.2, -0.15) is 0 Å². The molecule has 1 aromatic rings. The summed E-state index contributed by atoms with van der Waals surface area (Å²) < 4.78 is 10.9. The lowest BCUT2D eigenvalue weighted by atomic mass is 9.55. The fourth-order valence-electron chi connectivity index (χ4n) is 6.69. The van der Waals surface area contributed by atoms with Gasteiger partial charge in [-0.05, 0) is 73.1 Å². The van der Waals surface area contributed by atoms with Crippen LogP contribution in [0.2, 0.25) is 0 Å². The number of carboxylic acids is 1. The number of fused-ring (bicyclic) bond motifs is 5. The summed E-state index contributed by atoms with van der Waals surface area (Å²) in [6.07, 6.45) is -2.65. The zero-order valence-electron chi connectivity index (χ0n) is 18.0. The number of aryl methyl sites for hydroxylation is 1. The van der Waals surface area contributed by atoms with Crippen LogP contribution in [0.25, 0.3) is 0 Å². The van der Waals surface area contributed by atoms with Crippen LogP contribution in [-0.2, 0) is 20.7 Å². The third kappa shape index (κ3) is 3.27. The Morgan fingerprint density at radius 1 is 1.09 bits per heavy atom. The highest BCUT2D eigenvalue weighted by molar-refractivity contribution is 5.87. The lowest BCUT2D eigenvalue weighted by molar-refractivity contribution is -0.271. The Labute approximate surface area is 186 Å². The van der Waals surface area contributed by atoms with Gasteiger partial charge >= 0.3 is 5.97 Å². The van der Waals surface area contributed by atoms with Gasteiger partial charge in [0.1, 0.15) is 29.8 Å². The molecule has 4 aliphatic rings. The molecule has 0 spiro atoms. The van der Waals surface area contributed by atoms with E-state index < -0.39 is 36.7 Å². The zero-order chi connectivity index (χ0) is 22.8.